The molecule has 2 rings (SSSR count). The van der Waals surface area contributed by atoms with E-state index >= 15 is 0 Å². The molecule has 1 saturated carbocycles. The lowest BCUT2D eigenvalue weighted by atomic mass is 9.76. The fraction of sp³-hybridized carbons (Fsp3) is 0.846. The number of carbonyl (C=O) groups excluding carboxylic acids is 1. The Kier molecular flexibility index (Phi) is 3.38. The number of oxime groups is 1. The lowest BCUT2D eigenvalue weighted by molar-refractivity contribution is -0.168. The number of methoxy groups -OCH3 is 1. The van der Waals surface area contributed by atoms with Gasteiger partial charge in [0.25, 0.3) is 0 Å². The van der Waals surface area contributed by atoms with Crippen LogP contribution in [0.1, 0.15) is 33.6 Å². The van der Waals surface area contributed by atoms with Crippen LogP contribution in [0, 0.1) is 11.3 Å². The second kappa shape index (κ2) is 4.44. The molecule has 1 heterocycles. The van der Waals surface area contributed by atoms with Gasteiger partial charge in [0.15, 0.2) is 0 Å². The van der Waals surface area contributed by atoms with Gasteiger partial charge < -0.3 is 9.57 Å². The first-order valence-electron chi connectivity index (χ1n) is 6.23. The summed E-state index contributed by atoms with van der Waals surface area (Å²) in [5, 5.41) is 4.64. The lowest BCUT2D eigenvalue weighted by Crippen LogP contribution is -2.45. The molecule has 3 unspecified atom stereocenters. The minimum atomic E-state index is -0.870. The lowest BCUT2D eigenvalue weighted by Gasteiger charge is -2.27. The van der Waals surface area contributed by atoms with Crippen molar-refractivity contribution in [3.63, 3.8) is 0 Å². The van der Waals surface area contributed by atoms with Crippen LogP contribution in [0.5, 0.6) is 0 Å². The number of thioether (sulfide) groups is 1. The molecule has 1 aliphatic carbocycles. The second-order valence-electron chi connectivity index (χ2n) is 6.05. The van der Waals surface area contributed by atoms with E-state index in [0.717, 1.165) is 12.1 Å². The Hall–Kier alpha value is -0.710. The van der Waals surface area contributed by atoms with Crippen LogP contribution in [0.3, 0.4) is 0 Å². The van der Waals surface area contributed by atoms with Gasteiger partial charge in [-0.05, 0) is 12.7 Å². The summed E-state index contributed by atoms with van der Waals surface area (Å²) in [5.41, 5.74) is 0.0446. The van der Waals surface area contributed by atoms with Crippen molar-refractivity contribution in [2.24, 2.45) is 16.5 Å². The number of nitrogens with zero attached hydrogens (tertiary/aromatic N) is 1. The summed E-state index contributed by atoms with van der Waals surface area (Å²) < 4.78 is 4.95. The zero-order valence-electron chi connectivity index (χ0n) is 11.6. The van der Waals surface area contributed by atoms with Gasteiger partial charge in [-0.1, -0.05) is 25.9 Å². The molecule has 0 spiro atoms. The Morgan fingerprint density at radius 1 is 1.56 bits per heavy atom. The maximum atomic E-state index is 12.1. The number of ether oxygens (including phenoxy) is 1. The SMILES string of the molecule is COC(=O)C12CC(SC)CC1C(C(C)(C)C)=NO2. The van der Waals surface area contributed by atoms with Gasteiger partial charge in [0, 0.05) is 17.1 Å². The van der Waals surface area contributed by atoms with Crippen LogP contribution in [0.2, 0.25) is 0 Å². The predicted molar refractivity (Wildman–Crippen MR) is 72.7 cm³/mol. The maximum Gasteiger partial charge on any atom is 0.353 e. The van der Waals surface area contributed by atoms with Gasteiger partial charge in [-0.25, -0.2) is 4.79 Å². The molecule has 1 fully saturated rings. The molecule has 1 aliphatic heterocycles. The fourth-order valence-electron chi connectivity index (χ4n) is 2.92. The van der Waals surface area contributed by atoms with Crippen LogP contribution < -0.4 is 0 Å². The summed E-state index contributed by atoms with van der Waals surface area (Å²) in [7, 11) is 1.42. The van der Waals surface area contributed by atoms with Crippen LogP contribution in [0.4, 0.5) is 0 Å². The van der Waals surface area contributed by atoms with E-state index in [-0.39, 0.29) is 17.3 Å². The average Bonchev–Trinajstić information content (AvgIpc) is 2.81. The molecule has 0 amide bonds. The van der Waals surface area contributed by atoms with Crippen molar-refractivity contribution in [1.29, 1.82) is 0 Å². The Morgan fingerprint density at radius 2 is 2.22 bits per heavy atom. The van der Waals surface area contributed by atoms with Gasteiger partial charge in [0.2, 0.25) is 5.60 Å². The third-order valence-electron chi connectivity index (χ3n) is 3.86. The second-order valence-corrected chi connectivity index (χ2v) is 7.19. The predicted octanol–water partition coefficient (Wildman–Crippen LogP) is 2.47. The van der Waals surface area contributed by atoms with E-state index in [2.05, 4.69) is 32.2 Å². The van der Waals surface area contributed by atoms with E-state index in [0.29, 0.717) is 11.7 Å². The van der Waals surface area contributed by atoms with Crippen LogP contribution in [0.15, 0.2) is 5.16 Å². The molecule has 0 bridgehead atoms. The number of hydrogen-bond donors (Lipinski definition) is 0. The molecule has 5 heteroatoms. The normalized spacial score (nSPS) is 34.8. The van der Waals surface area contributed by atoms with Gasteiger partial charge in [-0.2, -0.15) is 11.8 Å². The Bertz CT molecular complexity index is 388. The summed E-state index contributed by atoms with van der Waals surface area (Å²) in [6, 6.07) is 0. The first kappa shape index (κ1) is 13.7. The van der Waals surface area contributed by atoms with E-state index in [4.69, 9.17) is 9.57 Å². The number of hydrogen-bond acceptors (Lipinski definition) is 5. The molecule has 0 aromatic carbocycles. The zero-order valence-corrected chi connectivity index (χ0v) is 12.5. The topological polar surface area (TPSA) is 47.9 Å². The maximum absolute atomic E-state index is 12.1. The van der Waals surface area contributed by atoms with Gasteiger partial charge in [-0.3, -0.25) is 0 Å². The summed E-state index contributed by atoms with van der Waals surface area (Å²) in [5.74, 6) is -0.227. The molecular weight excluding hydrogens is 250 g/mol. The molecule has 0 N–H and O–H groups in total. The fourth-order valence-corrected chi connectivity index (χ4v) is 3.72. The first-order chi connectivity index (χ1) is 8.35. The summed E-state index contributed by atoms with van der Waals surface area (Å²) in [6.45, 7) is 6.32. The minimum absolute atomic E-state index is 0.0578. The van der Waals surface area contributed by atoms with Crippen LogP contribution in [0.25, 0.3) is 0 Å². The molecule has 2 aliphatic rings. The number of rotatable bonds is 2. The van der Waals surface area contributed by atoms with Gasteiger partial charge in [-0.15, -0.1) is 0 Å². The smallest absolute Gasteiger partial charge is 0.353 e. The molecular formula is C13H21NO3S. The van der Waals surface area contributed by atoms with E-state index < -0.39 is 5.60 Å². The summed E-state index contributed by atoms with van der Waals surface area (Å²) in [6.07, 6.45) is 3.70. The van der Waals surface area contributed by atoms with Crippen molar-refractivity contribution in [2.45, 2.75) is 44.5 Å². The standard InChI is InChI=1S/C13H21NO3S/c1-12(2,3)10-9-6-8(18-5)7-13(9,17-14-10)11(15)16-4/h8-9H,6-7H2,1-5H3. The largest absolute Gasteiger partial charge is 0.466 e. The molecule has 3 atom stereocenters. The van der Waals surface area contributed by atoms with Crippen LogP contribution in [-0.4, -0.2) is 35.9 Å². The van der Waals surface area contributed by atoms with Crippen molar-refractivity contribution in [3.05, 3.63) is 0 Å². The third kappa shape index (κ3) is 1.92. The van der Waals surface area contributed by atoms with E-state index in [1.165, 1.54) is 7.11 Å². The highest BCUT2D eigenvalue weighted by Crippen LogP contribution is 2.50. The van der Waals surface area contributed by atoms with Crippen molar-refractivity contribution in [3.8, 4) is 0 Å². The van der Waals surface area contributed by atoms with E-state index in [9.17, 15) is 4.79 Å². The van der Waals surface area contributed by atoms with Gasteiger partial charge in [0.05, 0.1) is 18.7 Å². The average molecular weight is 271 g/mol. The Morgan fingerprint density at radius 3 is 2.72 bits per heavy atom. The Balaban J connectivity index is 2.34. The monoisotopic (exact) mass is 271 g/mol. The number of esters is 1. The molecule has 102 valence electrons. The minimum Gasteiger partial charge on any atom is -0.466 e. The van der Waals surface area contributed by atoms with Gasteiger partial charge >= 0.3 is 5.97 Å². The molecule has 0 aromatic heterocycles. The summed E-state index contributed by atoms with van der Waals surface area (Å²) in [4.78, 5) is 17.7. The highest BCUT2D eigenvalue weighted by Gasteiger charge is 2.62. The molecule has 18 heavy (non-hydrogen) atoms. The Labute approximate surface area is 112 Å². The number of fused-ring (bicyclic) bond motifs is 1. The molecule has 0 radical (unpaired) electrons. The molecule has 4 nitrogen and oxygen atoms in total. The van der Waals surface area contributed by atoms with Gasteiger partial charge in [0.1, 0.15) is 0 Å². The van der Waals surface area contributed by atoms with Crippen molar-refractivity contribution >= 4 is 23.4 Å². The molecule has 0 aromatic rings. The van der Waals surface area contributed by atoms with E-state index in [1.54, 1.807) is 11.8 Å². The number of carbonyl (C=O) groups is 1. The van der Waals surface area contributed by atoms with Crippen molar-refractivity contribution in [2.75, 3.05) is 13.4 Å². The highest BCUT2D eigenvalue weighted by molar-refractivity contribution is 7.99. The first-order valence-corrected chi connectivity index (χ1v) is 7.51. The highest BCUT2D eigenvalue weighted by atomic mass is 32.2. The molecule has 0 saturated heterocycles. The quantitative estimate of drug-likeness (QED) is 0.724. The van der Waals surface area contributed by atoms with Crippen LogP contribution in [-0.2, 0) is 14.4 Å². The van der Waals surface area contributed by atoms with Crippen molar-refractivity contribution in [1.82, 2.24) is 0 Å². The zero-order chi connectivity index (χ0) is 13.6. The third-order valence-corrected chi connectivity index (χ3v) is 4.89. The van der Waals surface area contributed by atoms with Crippen LogP contribution >= 0.6 is 11.8 Å². The summed E-state index contributed by atoms with van der Waals surface area (Å²) >= 11 is 1.79. The van der Waals surface area contributed by atoms with E-state index in [1.807, 2.05) is 0 Å². The van der Waals surface area contributed by atoms with Crippen molar-refractivity contribution < 1.29 is 14.4 Å².